The Labute approximate surface area is 117 Å². The number of nitrogens with one attached hydrogen (secondary N) is 1. The van der Waals surface area contributed by atoms with Crippen molar-refractivity contribution in [3.63, 3.8) is 0 Å². The Hall–Kier alpha value is -0.0300. The van der Waals surface area contributed by atoms with Crippen molar-refractivity contribution in [3.8, 4) is 0 Å². The molecule has 0 aromatic carbocycles. The molecule has 0 aliphatic carbocycles. The predicted octanol–water partition coefficient (Wildman–Crippen LogP) is 3.36. The van der Waals surface area contributed by atoms with Gasteiger partial charge in [0.25, 0.3) is 0 Å². The lowest BCUT2D eigenvalue weighted by Gasteiger charge is -2.23. The first-order chi connectivity index (χ1) is 8.06. The van der Waals surface area contributed by atoms with E-state index >= 15 is 0 Å². The Morgan fingerprint density at radius 1 is 1.24 bits per heavy atom. The minimum absolute atomic E-state index is 0.234. The van der Waals surface area contributed by atoms with Crippen LogP contribution in [0.4, 0.5) is 5.82 Å². The molecule has 0 atom stereocenters. The predicted molar refractivity (Wildman–Crippen MR) is 73.8 cm³/mol. The topological polar surface area (TPSA) is 42.0 Å². The molecule has 1 aromatic rings. The standard InChI is InChI=1S/C10H11Cl3N2OS/c11-7-5-8(12)10(15-9(7)13)14-6-1-3-17(16)4-2-6/h5-6H,1-4H2,(H,14,15). The average molecular weight is 314 g/mol. The molecule has 2 rings (SSSR count). The van der Waals surface area contributed by atoms with Gasteiger partial charge in [-0.1, -0.05) is 34.8 Å². The number of anilines is 1. The van der Waals surface area contributed by atoms with E-state index in [1.807, 2.05) is 0 Å². The van der Waals surface area contributed by atoms with E-state index in [0.717, 1.165) is 24.3 Å². The molecule has 3 nitrogen and oxygen atoms in total. The van der Waals surface area contributed by atoms with E-state index in [0.29, 0.717) is 15.9 Å². The summed E-state index contributed by atoms with van der Waals surface area (Å²) in [5.74, 6) is 1.98. The van der Waals surface area contributed by atoms with Crippen LogP contribution in [0.3, 0.4) is 0 Å². The summed E-state index contributed by atoms with van der Waals surface area (Å²) in [6.07, 6.45) is 1.70. The summed E-state index contributed by atoms with van der Waals surface area (Å²) < 4.78 is 11.2. The molecule has 1 aromatic heterocycles. The largest absolute Gasteiger partial charge is 0.366 e. The van der Waals surface area contributed by atoms with Crippen LogP contribution >= 0.6 is 34.8 Å². The van der Waals surface area contributed by atoms with Crippen molar-refractivity contribution in [3.05, 3.63) is 21.3 Å². The highest BCUT2D eigenvalue weighted by Crippen LogP contribution is 2.30. The summed E-state index contributed by atoms with van der Waals surface area (Å²) in [6, 6.07) is 1.82. The normalized spacial score (nSPS) is 24.6. The summed E-state index contributed by atoms with van der Waals surface area (Å²) in [4.78, 5) is 4.10. The summed E-state index contributed by atoms with van der Waals surface area (Å²) in [6.45, 7) is 0. The van der Waals surface area contributed by atoms with Crippen LogP contribution in [0.25, 0.3) is 0 Å². The maximum atomic E-state index is 11.2. The molecule has 94 valence electrons. The van der Waals surface area contributed by atoms with Gasteiger partial charge in [0.15, 0.2) is 0 Å². The third-order valence-electron chi connectivity index (χ3n) is 2.62. The molecule has 0 bridgehead atoms. The van der Waals surface area contributed by atoms with Gasteiger partial charge < -0.3 is 5.32 Å². The van der Waals surface area contributed by atoms with Gasteiger partial charge in [0.1, 0.15) is 11.0 Å². The number of hydrogen-bond acceptors (Lipinski definition) is 3. The summed E-state index contributed by atoms with van der Waals surface area (Å²) in [7, 11) is -0.673. The van der Waals surface area contributed by atoms with Crippen LogP contribution < -0.4 is 5.32 Å². The smallest absolute Gasteiger partial charge is 0.150 e. The van der Waals surface area contributed by atoms with Gasteiger partial charge in [0, 0.05) is 28.3 Å². The van der Waals surface area contributed by atoms with Crippen molar-refractivity contribution in [1.82, 2.24) is 4.98 Å². The first-order valence-electron chi connectivity index (χ1n) is 5.19. The van der Waals surface area contributed by atoms with Crippen LogP contribution in [0, 0.1) is 0 Å². The molecule has 0 spiro atoms. The van der Waals surface area contributed by atoms with Gasteiger partial charge in [-0.15, -0.1) is 0 Å². The van der Waals surface area contributed by atoms with Crippen LogP contribution in [0.5, 0.6) is 0 Å². The molecule has 2 heterocycles. The van der Waals surface area contributed by atoms with Gasteiger partial charge in [-0.25, -0.2) is 4.98 Å². The van der Waals surface area contributed by atoms with Crippen molar-refractivity contribution in [1.29, 1.82) is 0 Å². The average Bonchev–Trinajstić information content (AvgIpc) is 2.29. The fourth-order valence-electron chi connectivity index (χ4n) is 1.68. The molecular weight excluding hydrogens is 303 g/mol. The molecule has 1 aliphatic heterocycles. The quantitative estimate of drug-likeness (QED) is 0.851. The number of aromatic nitrogens is 1. The van der Waals surface area contributed by atoms with E-state index in [1.54, 1.807) is 6.07 Å². The van der Waals surface area contributed by atoms with Crippen molar-refractivity contribution in [2.75, 3.05) is 16.8 Å². The highest BCUT2D eigenvalue weighted by Gasteiger charge is 2.19. The third-order valence-corrected chi connectivity index (χ3v) is 4.96. The van der Waals surface area contributed by atoms with Gasteiger partial charge in [-0.2, -0.15) is 0 Å². The zero-order valence-electron chi connectivity index (χ0n) is 8.88. The Morgan fingerprint density at radius 2 is 1.88 bits per heavy atom. The fraction of sp³-hybridized carbons (Fsp3) is 0.500. The molecule has 0 radical (unpaired) electrons. The monoisotopic (exact) mass is 312 g/mol. The van der Waals surface area contributed by atoms with Crippen LogP contribution in [-0.4, -0.2) is 26.7 Å². The van der Waals surface area contributed by atoms with Crippen LogP contribution in [0.1, 0.15) is 12.8 Å². The summed E-state index contributed by atoms with van der Waals surface area (Å²) in [5, 5.41) is 4.24. The SMILES string of the molecule is O=S1CCC(Nc2nc(Cl)c(Cl)cc2Cl)CC1. The number of halogens is 3. The molecule has 1 saturated heterocycles. The fourth-order valence-corrected chi connectivity index (χ4v) is 3.53. The number of nitrogens with zero attached hydrogens (tertiary/aromatic N) is 1. The van der Waals surface area contributed by atoms with Crippen molar-refractivity contribution >= 4 is 51.4 Å². The molecular formula is C10H11Cl3N2OS. The highest BCUT2D eigenvalue weighted by atomic mass is 35.5. The van der Waals surface area contributed by atoms with Gasteiger partial charge in [-0.3, -0.25) is 4.21 Å². The molecule has 7 heteroatoms. The molecule has 17 heavy (non-hydrogen) atoms. The van der Waals surface area contributed by atoms with Crippen LogP contribution in [-0.2, 0) is 10.8 Å². The molecule has 0 unspecified atom stereocenters. The maximum Gasteiger partial charge on any atom is 0.150 e. The van der Waals surface area contributed by atoms with E-state index in [2.05, 4.69) is 10.3 Å². The van der Waals surface area contributed by atoms with E-state index < -0.39 is 10.8 Å². The lowest BCUT2D eigenvalue weighted by molar-refractivity contribution is 0.622. The minimum atomic E-state index is -0.673. The van der Waals surface area contributed by atoms with Crippen LogP contribution in [0.2, 0.25) is 15.2 Å². The lowest BCUT2D eigenvalue weighted by atomic mass is 10.1. The van der Waals surface area contributed by atoms with Gasteiger partial charge >= 0.3 is 0 Å². The van der Waals surface area contributed by atoms with Crippen molar-refractivity contribution < 1.29 is 4.21 Å². The molecule has 1 fully saturated rings. The zero-order valence-corrected chi connectivity index (χ0v) is 12.0. The number of pyridine rings is 1. The van der Waals surface area contributed by atoms with Crippen molar-refractivity contribution in [2.24, 2.45) is 0 Å². The Kier molecular flexibility index (Phi) is 4.53. The van der Waals surface area contributed by atoms with Gasteiger partial charge in [0.2, 0.25) is 0 Å². The molecule has 0 saturated carbocycles. The Balaban J connectivity index is 2.08. The van der Waals surface area contributed by atoms with E-state index in [4.69, 9.17) is 34.8 Å². The zero-order chi connectivity index (χ0) is 12.4. The molecule has 1 N–H and O–H groups in total. The van der Waals surface area contributed by atoms with Crippen molar-refractivity contribution in [2.45, 2.75) is 18.9 Å². The second-order valence-electron chi connectivity index (χ2n) is 3.86. The third kappa shape index (κ3) is 3.47. The molecule has 0 amide bonds. The van der Waals surface area contributed by atoms with E-state index in [-0.39, 0.29) is 11.2 Å². The minimum Gasteiger partial charge on any atom is -0.366 e. The van der Waals surface area contributed by atoms with E-state index in [1.165, 1.54) is 0 Å². The molecule has 1 aliphatic rings. The van der Waals surface area contributed by atoms with Crippen LogP contribution in [0.15, 0.2) is 6.07 Å². The lowest BCUT2D eigenvalue weighted by Crippen LogP contribution is -2.29. The van der Waals surface area contributed by atoms with Gasteiger partial charge in [-0.05, 0) is 18.9 Å². The second-order valence-corrected chi connectivity index (χ2v) is 6.73. The second kappa shape index (κ2) is 5.74. The van der Waals surface area contributed by atoms with Gasteiger partial charge in [0.05, 0.1) is 10.0 Å². The Morgan fingerprint density at radius 3 is 2.53 bits per heavy atom. The number of hydrogen-bond donors (Lipinski definition) is 1. The first kappa shape index (κ1) is 13.4. The highest BCUT2D eigenvalue weighted by molar-refractivity contribution is 7.85. The first-order valence-corrected chi connectivity index (χ1v) is 7.81. The summed E-state index contributed by atoms with van der Waals surface area (Å²) >= 11 is 17.7. The Bertz CT molecular complexity index is 445. The number of rotatable bonds is 2. The maximum absolute atomic E-state index is 11.2. The van der Waals surface area contributed by atoms with E-state index in [9.17, 15) is 4.21 Å². The summed E-state index contributed by atoms with van der Waals surface area (Å²) in [5.41, 5.74) is 0.